The summed E-state index contributed by atoms with van der Waals surface area (Å²) < 4.78 is 0.329. The van der Waals surface area contributed by atoms with Crippen molar-refractivity contribution in [1.82, 2.24) is 10.6 Å². The van der Waals surface area contributed by atoms with Gasteiger partial charge in [-0.05, 0) is 25.2 Å². The van der Waals surface area contributed by atoms with Crippen molar-refractivity contribution < 1.29 is 14.1 Å². The quantitative estimate of drug-likeness (QED) is 0.772. The fourth-order valence-electron chi connectivity index (χ4n) is 5.23. The van der Waals surface area contributed by atoms with E-state index in [-0.39, 0.29) is 17.9 Å². The van der Waals surface area contributed by atoms with Crippen LogP contribution in [-0.2, 0) is 9.59 Å². The molecular formula is C19H34N3O2+. The summed E-state index contributed by atoms with van der Waals surface area (Å²) in [7, 11) is 2.05. The summed E-state index contributed by atoms with van der Waals surface area (Å²) in [4.78, 5) is 26.9. The maximum Gasteiger partial charge on any atom is 0.337 e. The van der Waals surface area contributed by atoms with Gasteiger partial charge in [-0.15, -0.1) is 0 Å². The lowest BCUT2D eigenvalue weighted by Gasteiger charge is -2.54. The van der Waals surface area contributed by atoms with Crippen LogP contribution in [0, 0.1) is 5.92 Å². The third-order valence-corrected chi connectivity index (χ3v) is 6.92. The molecule has 136 valence electrons. The van der Waals surface area contributed by atoms with Gasteiger partial charge in [0.1, 0.15) is 6.04 Å². The number of carbonyl (C=O) groups excluding carboxylic acids is 2. The number of unbranched alkanes of at least 4 members (excludes halogenated alkanes) is 1. The van der Waals surface area contributed by atoms with Gasteiger partial charge in [-0.25, -0.2) is 9.28 Å². The Morgan fingerprint density at radius 1 is 1.12 bits per heavy atom. The number of nitrogens with one attached hydrogen (secondary N) is 2. The van der Waals surface area contributed by atoms with Gasteiger partial charge in [-0.3, -0.25) is 4.79 Å². The summed E-state index contributed by atoms with van der Waals surface area (Å²) in [6.45, 7) is 4.61. The molecule has 1 saturated carbocycles. The van der Waals surface area contributed by atoms with E-state index in [1.165, 1.54) is 19.3 Å². The Morgan fingerprint density at radius 2 is 1.79 bits per heavy atom. The van der Waals surface area contributed by atoms with Gasteiger partial charge in [0.2, 0.25) is 0 Å². The minimum Gasteiger partial charge on any atom is -0.335 e. The predicted octanol–water partition coefficient (Wildman–Crippen LogP) is 1.96. The van der Waals surface area contributed by atoms with Crippen LogP contribution < -0.4 is 10.6 Å². The standard InChI is InChI=1S/C19H33N3O2/c1-3-4-14-22(2)17(23)16(15-8-6-5-7-9-15)21-18(24)19(22)10-12-20-13-11-19/h15-16,20H,3-14H2,1-2H3/p+1/t16-,22?/m0/s1. The van der Waals surface area contributed by atoms with Gasteiger partial charge in [0, 0.05) is 25.9 Å². The van der Waals surface area contributed by atoms with Gasteiger partial charge in [-0.1, -0.05) is 32.6 Å². The second-order valence-electron chi connectivity index (χ2n) is 8.24. The molecule has 0 aromatic carbocycles. The van der Waals surface area contributed by atoms with Crippen LogP contribution in [0.3, 0.4) is 0 Å². The van der Waals surface area contributed by atoms with Crippen LogP contribution >= 0.6 is 0 Å². The van der Waals surface area contributed by atoms with E-state index in [1.54, 1.807) is 0 Å². The number of nitrogens with zero attached hydrogens (tertiary/aromatic N) is 1. The molecule has 3 aliphatic rings. The maximum absolute atomic E-state index is 13.6. The smallest absolute Gasteiger partial charge is 0.335 e. The van der Waals surface area contributed by atoms with Crippen molar-refractivity contribution >= 4 is 11.8 Å². The number of piperidine rings is 1. The summed E-state index contributed by atoms with van der Waals surface area (Å²) in [6, 6.07) is -0.264. The average Bonchev–Trinajstić information content (AvgIpc) is 2.63. The molecule has 0 radical (unpaired) electrons. The van der Waals surface area contributed by atoms with E-state index in [0.717, 1.165) is 58.2 Å². The monoisotopic (exact) mass is 336 g/mol. The number of piperazine rings is 1. The minimum absolute atomic E-state index is 0.137. The highest BCUT2D eigenvalue weighted by molar-refractivity contribution is 5.95. The molecule has 2 aliphatic heterocycles. The fourth-order valence-corrected chi connectivity index (χ4v) is 5.23. The molecule has 2 atom stereocenters. The van der Waals surface area contributed by atoms with E-state index >= 15 is 0 Å². The predicted molar refractivity (Wildman–Crippen MR) is 94.3 cm³/mol. The van der Waals surface area contributed by atoms with Crippen molar-refractivity contribution in [2.45, 2.75) is 76.3 Å². The zero-order valence-corrected chi connectivity index (χ0v) is 15.4. The van der Waals surface area contributed by atoms with Gasteiger partial charge in [0.25, 0.3) is 5.91 Å². The molecule has 1 aliphatic carbocycles. The van der Waals surface area contributed by atoms with Gasteiger partial charge in [0.15, 0.2) is 5.54 Å². The number of quaternary nitrogens is 1. The normalized spacial score (nSPS) is 34.3. The Kier molecular flexibility index (Phi) is 5.30. The Hall–Kier alpha value is -0.940. The summed E-state index contributed by atoms with van der Waals surface area (Å²) >= 11 is 0. The van der Waals surface area contributed by atoms with Crippen molar-refractivity contribution in [2.24, 2.45) is 5.92 Å². The lowest BCUT2D eigenvalue weighted by Crippen LogP contribution is -2.81. The zero-order chi connectivity index (χ0) is 17.2. The van der Waals surface area contributed by atoms with Crippen molar-refractivity contribution in [1.29, 1.82) is 0 Å². The van der Waals surface area contributed by atoms with E-state index < -0.39 is 5.54 Å². The first-order valence-corrected chi connectivity index (χ1v) is 9.97. The molecule has 0 aromatic heterocycles. The van der Waals surface area contributed by atoms with Crippen LogP contribution in [0.1, 0.15) is 64.7 Å². The lowest BCUT2D eigenvalue weighted by atomic mass is 9.75. The van der Waals surface area contributed by atoms with Gasteiger partial charge in [-0.2, -0.15) is 0 Å². The number of hydrogen-bond acceptors (Lipinski definition) is 3. The van der Waals surface area contributed by atoms with E-state index in [2.05, 4.69) is 24.6 Å². The molecule has 1 unspecified atom stereocenters. The summed E-state index contributed by atoms with van der Waals surface area (Å²) in [5.41, 5.74) is -0.553. The zero-order valence-electron chi connectivity index (χ0n) is 15.4. The van der Waals surface area contributed by atoms with Crippen LogP contribution in [-0.4, -0.2) is 54.6 Å². The first kappa shape index (κ1) is 17.9. The van der Waals surface area contributed by atoms with Crippen LogP contribution in [0.4, 0.5) is 0 Å². The second-order valence-corrected chi connectivity index (χ2v) is 8.24. The van der Waals surface area contributed by atoms with Gasteiger partial charge < -0.3 is 10.6 Å². The third-order valence-electron chi connectivity index (χ3n) is 6.92. The van der Waals surface area contributed by atoms with Crippen LogP contribution in [0.15, 0.2) is 0 Å². The number of carbonyl (C=O) groups is 2. The number of likely N-dealkylation sites (N-methyl/N-ethyl adjacent to an activating group) is 1. The van der Waals surface area contributed by atoms with Gasteiger partial charge >= 0.3 is 5.91 Å². The first-order valence-electron chi connectivity index (χ1n) is 9.97. The van der Waals surface area contributed by atoms with Gasteiger partial charge in [0.05, 0.1) is 13.6 Å². The van der Waals surface area contributed by atoms with Crippen LogP contribution in [0.5, 0.6) is 0 Å². The first-order chi connectivity index (χ1) is 11.5. The minimum atomic E-state index is -0.553. The molecule has 5 heteroatoms. The highest BCUT2D eigenvalue weighted by atomic mass is 16.2. The van der Waals surface area contributed by atoms with Crippen molar-refractivity contribution in [3.05, 3.63) is 0 Å². The summed E-state index contributed by atoms with van der Waals surface area (Å²) in [5, 5.41) is 6.55. The average molecular weight is 337 g/mol. The SMILES string of the molecule is CCCC[N+]1(C)C(=O)[C@H](C2CCCCC2)NC(=O)C12CCNCC2. The largest absolute Gasteiger partial charge is 0.337 e. The Balaban J connectivity index is 1.92. The molecule has 1 spiro atoms. The Bertz CT molecular complexity index is 481. The van der Waals surface area contributed by atoms with Crippen molar-refractivity contribution in [2.75, 3.05) is 26.7 Å². The molecule has 3 rings (SSSR count). The summed E-state index contributed by atoms with van der Waals surface area (Å²) in [5.74, 6) is 0.753. The second kappa shape index (κ2) is 7.12. The maximum atomic E-state index is 13.6. The molecular weight excluding hydrogens is 302 g/mol. The number of rotatable bonds is 4. The molecule has 0 bridgehead atoms. The van der Waals surface area contributed by atoms with E-state index in [4.69, 9.17) is 0 Å². The molecule has 2 N–H and O–H groups in total. The topological polar surface area (TPSA) is 58.2 Å². The highest BCUT2D eigenvalue weighted by Gasteiger charge is 2.64. The number of amides is 2. The molecule has 2 saturated heterocycles. The molecule has 0 aromatic rings. The molecule has 3 fully saturated rings. The van der Waals surface area contributed by atoms with Crippen LogP contribution in [0.25, 0.3) is 0 Å². The highest BCUT2D eigenvalue weighted by Crippen LogP contribution is 2.40. The molecule has 2 heterocycles. The molecule has 5 nitrogen and oxygen atoms in total. The molecule has 2 amide bonds. The fraction of sp³-hybridized carbons (Fsp3) is 0.895. The van der Waals surface area contributed by atoms with Crippen LogP contribution in [0.2, 0.25) is 0 Å². The van der Waals surface area contributed by atoms with E-state index in [1.807, 2.05) is 0 Å². The Morgan fingerprint density at radius 3 is 2.42 bits per heavy atom. The third kappa shape index (κ3) is 2.80. The Labute approximate surface area is 146 Å². The summed E-state index contributed by atoms with van der Waals surface area (Å²) in [6.07, 6.45) is 9.41. The van der Waals surface area contributed by atoms with E-state index in [0.29, 0.717) is 10.4 Å². The van der Waals surface area contributed by atoms with Crippen molar-refractivity contribution in [3.63, 3.8) is 0 Å². The molecule has 24 heavy (non-hydrogen) atoms. The number of hydrogen-bond donors (Lipinski definition) is 2. The lowest BCUT2D eigenvalue weighted by molar-refractivity contribution is -0.883. The van der Waals surface area contributed by atoms with Crippen molar-refractivity contribution in [3.8, 4) is 0 Å². The van der Waals surface area contributed by atoms with E-state index in [9.17, 15) is 9.59 Å².